The van der Waals surface area contributed by atoms with Gasteiger partial charge in [-0.25, -0.2) is 14.4 Å². The van der Waals surface area contributed by atoms with Gasteiger partial charge in [-0.2, -0.15) is 5.10 Å². The summed E-state index contributed by atoms with van der Waals surface area (Å²) in [5.41, 5.74) is 4.71. The topological polar surface area (TPSA) is 127 Å². The minimum absolute atomic E-state index is 0.0261. The molecule has 0 radical (unpaired) electrons. The summed E-state index contributed by atoms with van der Waals surface area (Å²) in [4.78, 5) is 39.8. The van der Waals surface area contributed by atoms with Crippen LogP contribution >= 0.6 is 0 Å². The Morgan fingerprint density at radius 1 is 0.979 bits per heavy atom. The summed E-state index contributed by atoms with van der Waals surface area (Å²) in [6.45, 7) is 2.12. The first kappa shape index (κ1) is 30.3. The molecule has 0 spiro atoms. The number of hydrogen-bond donors (Lipinski definition) is 3. The smallest absolute Gasteiger partial charge is 0.236 e. The van der Waals surface area contributed by atoms with Crippen molar-refractivity contribution in [1.29, 1.82) is 0 Å². The highest BCUT2D eigenvalue weighted by Gasteiger charge is 2.66. The number of aromatic amines is 1. The Kier molecular flexibility index (Phi) is 7.73. The van der Waals surface area contributed by atoms with E-state index >= 15 is 0 Å². The normalized spacial score (nSPS) is 21.0. The second-order valence-corrected chi connectivity index (χ2v) is 13.2. The van der Waals surface area contributed by atoms with E-state index in [1.54, 1.807) is 24.5 Å². The van der Waals surface area contributed by atoms with Crippen molar-refractivity contribution in [2.75, 3.05) is 31.5 Å². The molecule has 3 N–H and O–H groups in total. The van der Waals surface area contributed by atoms with E-state index in [1.165, 1.54) is 11.6 Å². The van der Waals surface area contributed by atoms with Crippen molar-refractivity contribution in [2.45, 2.75) is 44.2 Å². The van der Waals surface area contributed by atoms with Crippen molar-refractivity contribution >= 4 is 28.4 Å². The third kappa shape index (κ3) is 5.52. The first-order valence-electron chi connectivity index (χ1n) is 16.5. The van der Waals surface area contributed by atoms with Crippen molar-refractivity contribution in [2.24, 2.45) is 5.41 Å². The number of likely N-dealkylation sites (tertiary alicyclic amines) is 2. The van der Waals surface area contributed by atoms with Crippen LogP contribution in [0.15, 0.2) is 79.1 Å². The highest BCUT2D eigenvalue weighted by Crippen LogP contribution is 2.57. The molecule has 10 nitrogen and oxygen atoms in total. The van der Waals surface area contributed by atoms with E-state index < -0.39 is 17.8 Å². The van der Waals surface area contributed by atoms with E-state index in [-0.39, 0.29) is 23.4 Å². The van der Waals surface area contributed by atoms with Crippen LogP contribution in [0.2, 0.25) is 0 Å². The Balaban J connectivity index is 0.862. The Morgan fingerprint density at radius 3 is 2.50 bits per heavy atom. The van der Waals surface area contributed by atoms with Crippen molar-refractivity contribution in [1.82, 2.24) is 30.0 Å². The van der Waals surface area contributed by atoms with Crippen LogP contribution in [0.1, 0.15) is 42.7 Å². The summed E-state index contributed by atoms with van der Waals surface area (Å²) in [5.74, 6) is 0.770. The maximum absolute atomic E-state index is 14.0. The quantitative estimate of drug-likeness (QED) is 0.214. The molecule has 3 aliphatic rings. The maximum Gasteiger partial charge on any atom is 0.236 e. The van der Waals surface area contributed by atoms with E-state index in [1.807, 2.05) is 29.2 Å². The predicted octanol–water partition coefficient (Wildman–Crippen LogP) is 5.13. The lowest BCUT2D eigenvalue weighted by molar-refractivity contribution is -0.133. The van der Waals surface area contributed by atoms with Gasteiger partial charge < -0.3 is 15.3 Å². The minimum Gasteiger partial charge on any atom is -0.392 e. The molecule has 2 atom stereocenters. The summed E-state index contributed by atoms with van der Waals surface area (Å²) in [5, 5.41) is 20.8. The lowest BCUT2D eigenvalue weighted by atomic mass is 9.89. The number of halogens is 1. The van der Waals surface area contributed by atoms with Crippen LogP contribution in [-0.4, -0.2) is 79.1 Å². The molecule has 2 aliphatic heterocycles. The van der Waals surface area contributed by atoms with Gasteiger partial charge in [-0.3, -0.25) is 19.6 Å². The standard InChI is InChI=1S/C37H36FN7O3/c38-30-8-6-26(18-27(30)22-46)34-29-19-28(7-9-31(29)42-43-34)41-36(48)37-12-17-45(32(37)20-37)21-33(47)44-15-10-24(11-16-44)23-2-4-25(5-3-23)35-39-13-1-14-40-35/h1-9,13-14,18-19,24,32,46H,10-12,15-17,20-22H2,(H,41,48)(H,42,43)/t32?,37-/m0/s1. The first-order chi connectivity index (χ1) is 23.4. The lowest BCUT2D eigenvalue weighted by Crippen LogP contribution is -2.44. The van der Waals surface area contributed by atoms with Crippen molar-refractivity contribution < 1.29 is 19.1 Å². The number of carbonyl (C=O) groups is 2. The molecular weight excluding hydrogens is 609 g/mol. The number of H-pyrrole nitrogens is 1. The van der Waals surface area contributed by atoms with Crippen LogP contribution in [0.25, 0.3) is 33.5 Å². The molecule has 244 valence electrons. The summed E-state index contributed by atoms with van der Waals surface area (Å²) < 4.78 is 14.0. The molecule has 48 heavy (non-hydrogen) atoms. The molecule has 0 bridgehead atoms. The van der Waals surface area contributed by atoms with Gasteiger partial charge in [-0.05, 0) is 79.6 Å². The van der Waals surface area contributed by atoms with Crippen LogP contribution in [0.4, 0.5) is 10.1 Å². The molecule has 11 heteroatoms. The number of nitrogens with one attached hydrogen (secondary N) is 2. The fraction of sp³-hybridized carbons (Fsp3) is 0.324. The zero-order chi connectivity index (χ0) is 32.8. The fourth-order valence-electron chi connectivity index (χ4n) is 7.58. The van der Waals surface area contributed by atoms with Crippen molar-refractivity contribution in [3.05, 3.63) is 96.1 Å². The Labute approximate surface area is 277 Å². The average Bonchev–Trinajstić information content (AvgIpc) is 3.56. The fourth-order valence-corrected chi connectivity index (χ4v) is 7.58. The van der Waals surface area contributed by atoms with Crippen molar-refractivity contribution in [3.8, 4) is 22.6 Å². The molecule has 4 heterocycles. The Morgan fingerprint density at radius 2 is 1.75 bits per heavy atom. The van der Waals surface area contributed by atoms with Gasteiger partial charge in [0.1, 0.15) is 5.82 Å². The number of aliphatic hydroxyl groups excluding tert-OH is 1. The molecule has 2 saturated heterocycles. The second kappa shape index (κ2) is 12.2. The number of rotatable bonds is 8. The average molecular weight is 646 g/mol. The molecule has 3 aromatic carbocycles. The first-order valence-corrected chi connectivity index (χ1v) is 16.5. The van der Waals surface area contributed by atoms with Gasteiger partial charge >= 0.3 is 0 Å². The van der Waals surface area contributed by atoms with Gasteiger partial charge in [0.15, 0.2) is 5.82 Å². The van der Waals surface area contributed by atoms with Crippen molar-refractivity contribution in [3.63, 3.8) is 0 Å². The third-order valence-electron chi connectivity index (χ3n) is 10.5. The van der Waals surface area contributed by atoms with Gasteiger partial charge in [-0.1, -0.05) is 24.3 Å². The van der Waals surface area contributed by atoms with E-state index in [2.05, 4.69) is 54.6 Å². The van der Waals surface area contributed by atoms with Crippen LogP contribution in [0.5, 0.6) is 0 Å². The second-order valence-electron chi connectivity index (χ2n) is 13.2. The molecule has 1 saturated carbocycles. The number of piperidine rings is 2. The maximum atomic E-state index is 14.0. The van der Waals surface area contributed by atoms with Gasteiger partial charge in [0.2, 0.25) is 11.8 Å². The van der Waals surface area contributed by atoms with Crippen LogP contribution in [0.3, 0.4) is 0 Å². The number of anilines is 1. The largest absolute Gasteiger partial charge is 0.392 e. The number of nitrogens with zero attached hydrogens (tertiary/aromatic N) is 5. The highest BCUT2D eigenvalue weighted by molar-refractivity contribution is 6.02. The summed E-state index contributed by atoms with van der Waals surface area (Å²) >= 11 is 0. The number of benzene rings is 3. The zero-order valence-electron chi connectivity index (χ0n) is 26.4. The number of fused-ring (bicyclic) bond motifs is 2. The highest BCUT2D eigenvalue weighted by atomic mass is 19.1. The Bertz CT molecular complexity index is 1990. The molecule has 1 aliphatic carbocycles. The molecule has 8 rings (SSSR count). The molecular formula is C37H36FN7O3. The predicted molar refractivity (Wildman–Crippen MR) is 179 cm³/mol. The zero-order valence-corrected chi connectivity index (χ0v) is 26.4. The van der Waals surface area contributed by atoms with Crippen LogP contribution in [-0.2, 0) is 16.2 Å². The number of hydrogen-bond acceptors (Lipinski definition) is 7. The van der Waals surface area contributed by atoms with Crippen LogP contribution < -0.4 is 5.32 Å². The molecule has 2 amide bonds. The van der Waals surface area contributed by atoms with Crippen LogP contribution in [0, 0.1) is 11.2 Å². The molecule has 2 aromatic heterocycles. The summed E-state index contributed by atoms with van der Waals surface area (Å²) in [7, 11) is 0. The molecule has 1 unspecified atom stereocenters. The summed E-state index contributed by atoms with van der Waals surface area (Å²) in [6, 6.07) is 20.4. The molecule has 5 aromatic rings. The summed E-state index contributed by atoms with van der Waals surface area (Å²) in [6.07, 6.45) is 6.81. The number of amides is 2. The molecule has 3 fully saturated rings. The monoisotopic (exact) mass is 645 g/mol. The van der Waals surface area contributed by atoms with Gasteiger partial charge in [0.25, 0.3) is 0 Å². The van der Waals surface area contributed by atoms with E-state index in [0.29, 0.717) is 29.4 Å². The van der Waals surface area contributed by atoms with Gasteiger partial charge in [0, 0.05) is 65.8 Å². The lowest BCUT2D eigenvalue weighted by Gasteiger charge is -2.33. The van der Waals surface area contributed by atoms with Gasteiger partial charge in [0.05, 0.1) is 29.8 Å². The van der Waals surface area contributed by atoms with E-state index in [4.69, 9.17) is 0 Å². The Hall–Kier alpha value is -5.00. The van der Waals surface area contributed by atoms with E-state index in [9.17, 15) is 19.1 Å². The minimum atomic E-state index is -0.481. The third-order valence-corrected chi connectivity index (χ3v) is 10.5. The SMILES string of the molecule is O=C(CN1CC[C@]2(C(=O)Nc3ccc4[nH]nc(-c5ccc(F)c(CO)c5)c4c3)CC12)N1CCC(c2ccc(-c3ncccn3)cc2)CC1. The number of aromatic nitrogens is 4. The van der Waals surface area contributed by atoms with Gasteiger partial charge in [-0.15, -0.1) is 0 Å². The number of aliphatic hydroxyl groups is 1. The number of carbonyl (C=O) groups excluding carboxylic acids is 2. The van der Waals surface area contributed by atoms with E-state index in [0.717, 1.165) is 67.6 Å².